The summed E-state index contributed by atoms with van der Waals surface area (Å²) in [5.41, 5.74) is 3.54. The van der Waals surface area contributed by atoms with Gasteiger partial charge >= 0.3 is 0 Å². The zero-order chi connectivity index (χ0) is 25.5. The first-order valence-electron chi connectivity index (χ1n) is 11.6. The van der Waals surface area contributed by atoms with Gasteiger partial charge in [-0.05, 0) is 42.3 Å². The highest BCUT2D eigenvalue weighted by atomic mass is 16.5. The molecule has 0 aliphatic heterocycles. The van der Waals surface area contributed by atoms with Crippen molar-refractivity contribution in [3.63, 3.8) is 0 Å². The molecule has 0 aliphatic rings. The summed E-state index contributed by atoms with van der Waals surface area (Å²) in [5, 5.41) is 11.2. The molecule has 1 N–H and O–H groups in total. The minimum atomic E-state index is -0.933. The number of benzene rings is 3. The molecule has 1 atom stereocenters. The second kappa shape index (κ2) is 11.5. The maximum absolute atomic E-state index is 14.0. The Balaban J connectivity index is 1.81. The summed E-state index contributed by atoms with van der Waals surface area (Å²) in [4.78, 5) is 29.1. The maximum atomic E-state index is 14.0. The number of amides is 2. The van der Waals surface area contributed by atoms with Crippen molar-refractivity contribution in [3.8, 4) is 5.75 Å². The number of hydrogen-bond acceptors (Lipinski definition) is 6. The monoisotopic (exact) mass is 487 g/mol. The summed E-state index contributed by atoms with van der Waals surface area (Å²) in [7, 11) is 3.13. The molecule has 0 aliphatic carbocycles. The molecule has 9 heteroatoms. The molecule has 36 heavy (non-hydrogen) atoms. The second-order valence-corrected chi connectivity index (χ2v) is 8.24. The van der Waals surface area contributed by atoms with Crippen LogP contribution in [0.4, 0.5) is 5.69 Å². The lowest BCUT2D eigenvalue weighted by atomic mass is 9.98. The van der Waals surface area contributed by atoms with Crippen LogP contribution in [0, 0.1) is 6.92 Å². The number of carbonyl (C=O) groups excluding carboxylic acids is 2. The smallest absolute Gasteiger partial charge is 0.249 e. The van der Waals surface area contributed by atoms with Gasteiger partial charge in [-0.1, -0.05) is 47.7 Å². The number of para-hydroxylation sites is 1. The lowest BCUT2D eigenvalue weighted by molar-refractivity contribution is -0.127. The van der Waals surface area contributed by atoms with E-state index < -0.39 is 6.04 Å². The minimum Gasteiger partial charge on any atom is -0.497 e. The summed E-state index contributed by atoms with van der Waals surface area (Å²) in [5.74, 6) is -0.0742. The van der Waals surface area contributed by atoms with E-state index in [1.54, 1.807) is 43.2 Å². The Morgan fingerprint density at radius 2 is 1.81 bits per heavy atom. The number of carbonyl (C=O) groups is 2. The van der Waals surface area contributed by atoms with E-state index in [1.807, 2.05) is 55.5 Å². The number of methoxy groups -OCH3 is 2. The van der Waals surface area contributed by atoms with Crippen LogP contribution in [0.15, 0.2) is 72.8 Å². The number of nitrogens with zero attached hydrogens (tertiary/aromatic N) is 4. The SMILES string of the molecule is COCCNC(=O)C(c1ccccc1C)N(C(=O)Cn1nnc2ccccc21)c1cccc(OC)c1. The second-order valence-electron chi connectivity index (χ2n) is 8.24. The highest BCUT2D eigenvalue weighted by Gasteiger charge is 2.34. The van der Waals surface area contributed by atoms with E-state index in [0.29, 0.717) is 35.7 Å². The fourth-order valence-corrected chi connectivity index (χ4v) is 4.10. The number of aryl methyl sites for hydroxylation is 1. The molecule has 0 fully saturated rings. The first kappa shape index (κ1) is 24.9. The van der Waals surface area contributed by atoms with Gasteiger partial charge in [-0.25, -0.2) is 4.68 Å². The van der Waals surface area contributed by atoms with E-state index >= 15 is 0 Å². The van der Waals surface area contributed by atoms with Gasteiger partial charge in [0.1, 0.15) is 23.9 Å². The Morgan fingerprint density at radius 1 is 1.03 bits per heavy atom. The lowest BCUT2D eigenvalue weighted by Crippen LogP contribution is -2.46. The number of aromatic nitrogens is 3. The van der Waals surface area contributed by atoms with Crippen molar-refractivity contribution in [3.05, 3.63) is 83.9 Å². The van der Waals surface area contributed by atoms with Gasteiger partial charge in [-0.15, -0.1) is 5.10 Å². The quantitative estimate of drug-likeness (QED) is 0.345. The van der Waals surface area contributed by atoms with Crippen LogP contribution in [0.3, 0.4) is 0 Å². The van der Waals surface area contributed by atoms with Gasteiger partial charge in [-0.2, -0.15) is 0 Å². The van der Waals surface area contributed by atoms with E-state index in [0.717, 1.165) is 11.1 Å². The van der Waals surface area contributed by atoms with E-state index in [1.165, 1.54) is 4.90 Å². The zero-order valence-corrected chi connectivity index (χ0v) is 20.5. The maximum Gasteiger partial charge on any atom is 0.249 e. The standard InChI is InChI=1S/C27H29N5O4/c1-19-9-4-5-12-22(19)26(27(34)28-15-16-35-2)32(20-10-8-11-21(17-20)36-3)25(33)18-31-24-14-7-6-13-23(24)29-30-31/h4-14,17,26H,15-16,18H2,1-3H3,(H,28,34). The molecule has 1 heterocycles. The van der Waals surface area contributed by atoms with Crippen LogP contribution in [0.25, 0.3) is 11.0 Å². The van der Waals surface area contributed by atoms with Gasteiger partial charge in [0.2, 0.25) is 11.8 Å². The third-order valence-corrected chi connectivity index (χ3v) is 5.90. The molecule has 1 unspecified atom stereocenters. The van der Waals surface area contributed by atoms with E-state index in [4.69, 9.17) is 9.47 Å². The summed E-state index contributed by atoms with van der Waals surface area (Å²) < 4.78 is 12.1. The van der Waals surface area contributed by atoms with Crippen molar-refractivity contribution in [2.45, 2.75) is 19.5 Å². The number of nitrogens with one attached hydrogen (secondary N) is 1. The fourth-order valence-electron chi connectivity index (χ4n) is 4.10. The lowest BCUT2D eigenvalue weighted by Gasteiger charge is -2.32. The number of fused-ring (bicyclic) bond motifs is 1. The molecule has 186 valence electrons. The summed E-state index contributed by atoms with van der Waals surface area (Å²) in [6, 6.07) is 21.1. The molecular formula is C27H29N5O4. The molecule has 0 bridgehead atoms. The topological polar surface area (TPSA) is 98.6 Å². The molecule has 4 aromatic rings. The Kier molecular flexibility index (Phi) is 7.92. The fraction of sp³-hybridized carbons (Fsp3) is 0.259. The Morgan fingerprint density at radius 3 is 2.58 bits per heavy atom. The highest BCUT2D eigenvalue weighted by molar-refractivity contribution is 6.01. The molecule has 2 amide bonds. The van der Waals surface area contributed by atoms with Crippen molar-refractivity contribution < 1.29 is 19.1 Å². The number of ether oxygens (including phenoxy) is 2. The Labute approximate surface area is 209 Å². The first-order chi connectivity index (χ1) is 17.5. The number of rotatable bonds is 10. The van der Waals surface area contributed by atoms with Crippen LogP contribution in [0.1, 0.15) is 17.2 Å². The normalized spacial score (nSPS) is 11.8. The zero-order valence-electron chi connectivity index (χ0n) is 20.5. The van der Waals surface area contributed by atoms with Gasteiger partial charge in [0, 0.05) is 25.4 Å². The average molecular weight is 488 g/mol. The van der Waals surface area contributed by atoms with Crippen LogP contribution >= 0.6 is 0 Å². The van der Waals surface area contributed by atoms with Crippen LogP contribution in [-0.2, 0) is 20.9 Å². The van der Waals surface area contributed by atoms with Crippen molar-refractivity contribution in [2.24, 2.45) is 0 Å². The molecule has 4 rings (SSSR count). The number of anilines is 1. The van der Waals surface area contributed by atoms with Crippen molar-refractivity contribution in [1.82, 2.24) is 20.3 Å². The van der Waals surface area contributed by atoms with Crippen molar-refractivity contribution in [2.75, 3.05) is 32.3 Å². The molecule has 0 saturated heterocycles. The van der Waals surface area contributed by atoms with Crippen LogP contribution in [0.2, 0.25) is 0 Å². The highest BCUT2D eigenvalue weighted by Crippen LogP contribution is 2.32. The van der Waals surface area contributed by atoms with E-state index in [9.17, 15) is 9.59 Å². The molecule has 3 aromatic carbocycles. The largest absolute Gasteiger partial charge is 0.497 e. The molecule has 9 nitrogen and oxygen atoms in total. The van der Waals surface area contributed by atoms with Crippen molar-refractivity contribution >= 4 is 28.5 Å². The van der Waals surface area contributed by atoms with Gasteiger partial charge in [0.25, 0.3) is 0 Å². The Bertz CT molecular complexity index is 1350. The molecule has 1 aromatic heterocycles. The van der Waals surface area contributed by atoms with Crippen molar-refractivity contribution in [1.29, 1.82) is 0 Å². The third-order valence-electron chi connectivity index (χ3n) is 5.90. The third kappa shape index (κ3) is 5.36. The predicted octanol–water partition coefficient (Wildman–Crippen LogP) is 3.29. The summed E-state index contributed by atoms with van der Waals surface area (Å²) >= 11 is 0. The number of hydrogen-bond donors (Lipinski definition) is 1. The van der Waals surface area contributed by atoms with Gasteiger partial charge < -0.3 is 14.8 Å². The van der Waals surface area contributed by atoms with Gasteiger partial charge in [0.15, 0.2) is 0 Å². The summed E-state index contributed by atoms with van der Waals surface area (Å²) in [6.45, 7) is 2.48. The molecule has 0 spiro atoms. The van der Waals surface area contributed by atoms with Crippen LogP contribution in [-0.4, -0.2) is 54.2 Å². The molecule has 0 radical (unpaired) electrons. The van der Waals surface area contributed by atoms with E-state index in [-0.39, 0.29) is 18.4 Å². The Hall–Kier alpha value is -4.24. The van der Waals surface area contributed by atoms with Crippen LogP contribution in [0.5, 0.6) is 5.75 Å². The first-order valence-corrected chi connectivity index (χ1v) is 11.6. The minimum absolute atomic E-state index is 0.106. The summed E-state index contributed by atoms with van der Waals surface area (Å²) in [6.07, 6.45) is 0. The average Bonchev–Trinajstić information content (AvgIpc) is 3.30. The van der Waals surface area contributed by atoms with Gasteiger partial charge in [0.05, 0.1) is 19.2 Å². The van der Waals surface area contributed by atoms with E-state index in [2.05, 4.69) is 15.6 Å². The van der Waals surface area contributed by atoms with Crippen LogP contribution < -0.4 is 15.0 Å². The molecular weight excluding hydrogens is 458 g/mol. The molecule has 0 saturated carbocycles. The predicted molar refractivity (Wildman–Crippen MR) is 137 cm³/mol. The van der Waals surface area contributed by atoms with Gasteiger partial charge in [-0.3, -0.25) is 14.5 Å².